The monoisotopic (exact) mass is 369 g/mol. The molecule has 27 heavy (non-hydrogen) atoms. The van der Waals surface area contributed by atoms with Gasteiger partial charge in [0.05, 0.1) is 5.56 Å². The highest BCUT2D eigenvalue weighted by molar-refractivity contribution is 6.03. The molecule has 1 N–H and O–H groups in total. The molecule has 0 bridgehead atoms. The number of hydrogen-bond donors (Lipinski definition) is 1. The molecular weight excluding hydrogens is 346 g/mol. The molecule has 1 aliphatic rings. The quantitative estimate of drug-likeness (QED) is 0.884. The highest BCUT2D eigenvalue weighted by Crippen LogP contribution is 2.28. The number of fused-ring (bicyclic) bond motifs is 1. The molecule has 1 aliphatic heterocycles. The van der Waals surface area contributed by atoms with Crippen LogP contribution < -0.4 is 5.56 Å². The zero-order valence-corrected chi connectivity index (χ0v) is 15.9. The van der Waals surface area contributed by atoms with E-state index < -0.39 is 17.2 Å². The fraction of sp³-hybridized carbons (Fsp3) is 0.350. The van der Waals surface area contributed by atoms with Crippen LogP contribution in [0.2, 0.25) is 0 Å². The second-order valence-electron chi connectivity index (χ2n) is 7.08. The summed E-state index contributed by atoms with van der Waals surface area (Å²) in [5.74, 6) is -1.40. The zero-order chi connectivity index (χ0) is 19.9. The SMILES string of the molecule is Cc1ccc(CN2CCc3c(c(O)c(=O)n(C)c3C(=O)N(C)C)C2=O)cc1. The van der Waals surface area contributed by atoms with Gasteiger partial charge in [-0.25, -0.2) is 0 Å². The molecule has 1 aromatic carbocycles. The van der Waals surface area contributed by atoms with Gasteiger partial charge in [-0.2, -0.15) is 0 Å². The van der Waals surface area contributed by atoms with Crippen molar-refractivity contribution in [3.05, 3.63) is 62.6 Å². The van der Waals surface area contributed by atoms with Gasteiger partial charge in [-0.3, -0.25) is 14.4 Å². The Morgan fingerprint density at radius 3 is 2.41 bits per heavy atom. The summed E-state index contributed by atoms with van der Waals surface area (Å²) in [5, 5.41) is 10.4. The molecule has 0 aliphatic carbocycles. The molecule has 0 saturated heterocycles. The topological polar surface area (TPSA) is 82.8 Å². The molecule has 0 radical (unpaired) electrons. The minimum atomic E-state index is -0.746. The van der Waals surface area contributed by atoms with Gasteiger partial charge in [-0.1, -0.05) is 29.8 Å². The summed E-state index contributed by atoms with van der Waals surface area (Å²) in [6.45, 7) is 2.78. The molecule has 0 fully saturated rings. The van der Waals surface area contributed by atoms with Gasteiger partial charge in [0, 0.05) is 39.8 Å². The van der Waals surface area contributed by atoms with Crippen molar-refractivity contribution >= 4 is 11.8 Å². The molecule has 0 spiro atoms. The van der Waals surface area contributed by atoms with Gasteiger partial charge in [0.2, 0.25) is 0 Å². The Bertz CT molecular complexity index is 974. The zero-order valence-electron chi connectivity index (χ0n) is 15.9. The average Bonchev–Trinajstić information content (AvgIpc) is 2.63. The highest BCUT2D eigenvalue weighted by atomic mass is 16.3. The van der Waals surface area contributed by atoms with Crippen molar-refractivity contribution in [2.24, 2.45) is 7.05 Å². The van der Waals surface area contributed by atoms with Gasteiger partial charge in [-0.15, -0.1) is 0 Å². The predicted molar refractivity (Wildman–Crippen MR) is 101 cm³/mol. The molecule has 0 unspecified atom stereocenters. The van der Waals surface area contributed by atoms with E-state index in [9.17, 15) is 19.5 Å². The number of nitrogens with zero attached hydrogens (tertiary/aromatic N) is 3. The minimum Gasteiger partial charge on any atom is -0.502 e. The predicted octanol–water partition coefficient (Wildman–Crippen LogP) is 1.30. The molecular formula is C20H23N3O4. The van der Waals surface area contributed by atoms with Crippen LogP contribution in [0, 0.1) is 6.92 Å². The van der Waals surface area contributed by atoms with E-state index in [1.54, 1.807) is 19.0 Å². The number of aromatic nitrogens is 1. The molecule has 2 heterocycles. The Hall–Kier alpha value is -3.09. The first-order valence-corrected chi connectivity index (χ1v) is 8.73. The third kappa shape index (κ3) is 3.20. The van der Waals surface area contributed by atoms with Crippen molar-refractivity contribution < 1.29 is 14.7 Å². The van der Waals surface area contributed by atoms with Crippen LogP contribution in [-0.4, -0.2) is 51.9 Å². The first-order chi connectivity index (χ1) is 12.7. The molecule has 0 saturated carbocycles. The normalized spacial score (nSPS) is 13.5. The lowest BCUT2D eigenvalue weighted by molar-refractivity contribution is 0.0720. The van der Waals surface area contributed by atoms with Crippen LogP contribution in [0.3, 0.4) is 0 Å². The summed E-state index contributed by atoms with van der Waals surface area (Å²) in [6, 6.07) is 7.84. The van der Waals surface area contributed by atoms with E-state index >= 15 is 0 Å². The highest BCUT2D eigenvalue weighted by Gasteiger charge is 2.34. The molecule has 3 rings (SSSR count). The maximum atomic E-state index is 13.0. The number of aromatic hydroxyl groups is 1. The lowest BCUT2D eigenvalue weighted by atomic mass is 9.95. The Balaban J connectivity index is 2.06. The van der Waals surface area contributed by atoms with Crippen LogP contribution in [0.1, 0.15) is 37.5 Å². The van der Waals surface area contributed by atoms with Crippen molar-refractivity contribution in [2.75, 3.05) is 20.6 Å². The van der Waals surface area contributed by atoms with Gasteiger partial charge in [0.25, 0.3) is 17.4 Å². The third-order valence-electron chi connectivity index (χ3n) is 4.90. The van der Waals surface area contributed by atoms with E-state index in [1.807, 2.05) is 31.2 Å². The Morgan fingerprint density at radius 1 is 1.19 bits per heavy atom. The molecule has 7 heteroatoms. The van der Waals surface area contributed by atoms with Crippen molar-refractivity contribution in [2.45, 2.75) is 19.9 Å². The maximum absolute atomic E-state index is 13.0. The third-order valence-corrected chi connectivity index (χ3v) is 4.90. The lowest BCUT2D eigenvalue weighted by Crippen LogP contribution is -2.42. The fourth-order valence-corrected chi connectivity index (χ4v) is 3.36. The average molecular weight is 369 g/mol. The molecule has 7 nitrogen and oxygen atoms in total. The summed E-state index contributed by atoms with van der Waals surface area (Å²) >= 11 is 0. The lowest BCUT2D eigenvalue weighted by Gasteiger charge is -2.31. The standard InChI is InChI=1S/C20H23N3O4/c1-12-5-7-13(8-6-12)11-23-10-9-14-15(18(23)25)17(24)20(27)22(4)16(14)19(26)21(2)3/h5-8,24H,9-11H2,1-4H3. The van der Waals surface area contributed by atoms with E-state index in [1.165, 1.54) is 11.9 Å². The summed E-state index contributed by atoms with van der Waals surface area (Å²) in [4.78, 5) is 40.9. The number of carbonyl (C=O) groups is 2. The van der Waals surface area contributed by atoms with E-state index in [-0.39, 0.29) is 17.2 Å². The summed E-state index contributed by atoms with van der Waals surface area (Å²) in [6.07, 6.45) is 0.392. The summed E-state index contributed by atoms with van der Waals surface area (Å²) < 4.78 is 1.12. The Kier molecular flexibility index (Phi) is 4.78. The van der Waals surface area contributed by atoms with Crippen LogP contribution in [0.4, 0.5) is 0 Å². The van der Waals surface area contributed by atoms with Gasteiger partial charge in [0.1, 0.15) is 5.69 Å². The van der Waals surface area contributed by atoms with E-state index in [0.29, 0.717) is 25.1 Å². The van der Waals surface area contributed by atoms with Crippen LogP contribution >= 0.6 is 0 Å². The number of rotatable bonds is 3. The van der Waals surface area contributed by atoms with Crippen LogP contribution in [0.5, 0.6) is 5.75 Å². The van der Waals surface area contributed by atoms with Crippen molar-refractivity contribution in [3.63, 3.8) is 0 Å². The second kappa shape index (κ2) is 6.90. The minimum absolute atomic E-state index is 0.0540. The number of hydrogen-bond acceptors (Lipinski definition) is 4. The smallest absolute Gasteiger partial charge is 0.293 e. The van der Waals surface area contributed by atoms with E-state index in [2.05, 4.69) is 0 Å². The first kappa shape index (κ1) is 18.7. The number of carbonyl (C=O) groups excluding carboxylic acids is 2. The van der Waals surface area contributed by atoms with Crippen molar-refractivity contribution in [3.8, 4) is 5.75 Å². The van der Waals surface area contributed by atoms with Gasteiger partial charge < -0.3 is 19.5 Å². The van der Waals surface area contributed by atoms with E-state index in [4.69, 9.17) is 0 Å². The summed E-state index contributed by atoms with van der Waals surface area (Å²) in [7, 11) is 4.60. The molecule has 2 aromatic rings. The summed E-state index contributed by atoms with van der Waals surface area (Å²) in [5.41, 5.74) is 1.87. The number of aryl methyl sites for hydroxylation is 1. The molecule has 1 aromatic heterocycles. The Labute approximate surface area is 157 Å². The van der Waals surface area contributed by atoms with E-state index in [0.717, 1.165) is 15.7 Å². The van der Waals surface area contributed by atoms with Crippen LogP contribution in [0.25, 0.3) is 0 Å². The fourth-order valence-electron chi connectivity index (χ4n) is 3.36. The Morgan fingerprint density at radius 2 is 1.81 bits per heavy atom. The number of benzene rings is 1. The second-order valence-corrected chi connectivity index (χ2v) is 7.08. The van der Waals surface area contributed by atoms with Crippen molar-refractivity contribution in [1.82, 2.24) is 14.4 Å². The molecule has 2 amide bonds. The van der Waals surface area contributed by atoms with Gasteiger partial charge >= 0.3 is 0 Å². The maximum Gasteiger partial charge on any atom is 0.293 e. The van der Waals surface area contributed by atoms with Crippen LogP contribution in [0.15, 0.2) is 29.1 Å². The molecule has 0 atom stereocenters. The molecule has 142 valence electrons. The van der Waals surface area contributed by atoms with Crippen LogP contribution in [-0.2, 0) is 20.0 Å². The van der Waals surface area contributed by atoms with Gasteiger partial charge in [0.15, 0.2) is 5.75 Å². The van der Waals surface area contributed by atoms with Crippen molar-refractivity contribution in [1.29, 1.82) is 0 Å². The number of amides is 2. The largest absolute Gasteiger partial charge is 0.502 e. The first-order valence-electron chi connectivity index (χ1n) is 8.73. The van der Waals surface area contributed by atoms with Gasteiger partial charge in [-0.05, 0) is 18.9 Å². The number of pyridine rings is 1.